The van der Waals surface area contributed by atoms with E-state index >= 15 is 0 Å². The summed E-state index contributed by atoms with van der Waals surface area (Å²) in [5.74, 6) is 0.966. The fourth-order valence-electron chi connectivity index (χ4n) is 4.05. The molecule has 0 aromatic heterocycles. The molecule has 0 aliphatic carbocycles. The molecule has 2 aliphatic rings. The van der Waals surface area contributed by atoms with Crippen LogP contribution < -0.4 is 10.1 Å². The molecule has 1 unspecified atom stereocenters. The second-order valence-corrected chi connectivity index (χ2v) is 7.72. The van der Waals surface area contributed by atoms with Gasteiger partial charge in [0.1, 0.15) is 0 Å². The molecule has 3 atom stereocenters. The van der Waals surface area contributed by atoms with E-state index in [-0.39, 0.29) is 17.9 Å². The molecule has 2 heterocycles. The van der Waals surface area contributed by atoms with Gasteiger partial charge in [-0.05, 0) is 59.5 Å². The van der Waals surface area contributed by atoms with Crippen LogP contribution in [0.1, 0.15) is 41.7 Å². The Hall–Kier alpha value is -1.72. The normalized spacial score (nSPS) is 24.8. The first kappa shape index (κ1) is 16.7. The molecular formula is C20H22BrNO3. The largest absolute Gasteiger partial charge is 0.503 e. The summed E-state index contributed by atoms with van der Waals surface area (Å²) in [4.78, 5) is 0. The van der Waals surface area contributed by atoms with Gasteiger partial charge in [0, 0.05) is 23.8 Å². The zero-order chi connectivity index (χ0) is 17.6. The van der Waals surface area contributed by atoms with Crippen LogP contribution in [0.5, 0.6) is 11.5 Å². The molecule has 0 saturated carbocycles. The lowest BCUT2D eigenvalue weighted by Crippen LogP contribution is -2.36. The predicted molar refractivity (Wildman–Crippen MR) is 101 cm³/mol. The van der Waals surface area contributed by atoms with Crippen LogP contribution in [0.25, 0.3) is 0 Å². The summed E-state index contributed by atoms with van der Waals surface area (Å²) in [6, 6.07) is 10.5. The smallest absolute Gasteiger partial charge is 0.172 e. The van der Waals surface area contributed by atoms with E-state index in [1.807, 2.05) is 12.1 Å². The number of aryl methyl sites for hydroxylation is 1. The highest BCUT2D eigenvalue weighted by Crippen LogP contribution is 2.50. The summed E-state index contributed by atoms with van der Waals surface area (Å²) in [5.41, 5.74) is 4.72. The molecule has 4 nitrogen and oxygen atoms in total. The molecule has 2 aromatic rings. The van der Waals surface area contributed by atoms with Crippen molar-refractivity contribution in [2.45, 2.75) is 31.9 Å². The van der Waals surface area contributed by atoms with Gasteiger partial charge in [0.05, 0.1) is 23.7 Å². The van der Waals surface area contributed by atoms with Crippen molar-refractivity contribution in [3.05, 3.63) is 51.5 Å². The van der Waals surface area contributed by atoms with Crippen LogP contribution in [-0.4, -0.2) is 18.8 Å². The molecule has 0 spiro atoms. The molecule has 0 radical (unpaired) electrons. The summed E-state index contributed by atoms with van der Waals surface area (Å²) in [7, 11) is 1.57. The Bertz CT molecular complexity index is 808. The predicted octanol–water partition coefficient (Wildman–Crippen LogP) is 5.11. The van der Waals surface area contributed by atoms with Gasteiger partial charge < -0.3 is 19.9 Å². The third-order valence-corrected chi connectivity index (χ3v) is 5.86. The van der Waals surface area contributed by atoms with Gasteiger partial charge in [-0.2, -0.15) is 0 Å². The fraction of sp³-hybridized carbons (Fsp3) is 0.400. The number of fused-ring (bicyclic) bond motifs is 3. The van der Waals surface area contributed by atoms with Crippen molar-refractivity contribution in [2.75, 3.05) is 19.0 Å². The Morgan fingerprint density at radius 1 is 1.28 bits per heavy atom. The van der Waals surface area contributed by atoms with Crippen molar-refractivity contribution < 1.29 is 14.6 Å². The summed E-state index contributed by atoms with van der Waals surface area (Å²) >= 11 is 3.44. The van der Waals surface area contributed by atoms with Crippen LogP contribution in [0, 0.1) is 12.8 Å². The highest BCUT2D eigenvalue weighted by molar-refractivity contribution is 9.10. The third-order valence-electron chi connectivity index (χ3n) is 5.25. The quantitative estimate of drug-likeness (QED) is 0.731. The topological polar surface area (TPSA) is 50.7 Å². The van der Waals surface area contributed by atoms with Gasteiger partial charge in [0.15, 0.2) is 11.5 Å². The number of hydrogen-bond acceptors (Lipinski definition) is 4. The van der Waals surface area contributed by atoms with Crippen LogP contribution in [-0.2, 0) is 4.74 Å². The molecule has 4 rings (SSSR count). The van der Waals surface area contributed by atoms with Gasteiger partial charge in [-0.3, -0.25) is 0 Å². The average molecular weight is 404 g/mol. The first-order chi connectivity index (χ1) is 12.1. The molecule has 2 N–H and O–H groups in total. The third kappa shape index (κ3) is 2.89. The number of phenols is 1. The Labute approximate surface area is 156 Å². The lowest BCUT2D eigenvalue weighted by molar-refractivity contribution is -0.0381. The van der Waals surface area contributed by atoms with E-state index in [0.717, 1.165) is 30.7 Å². The summed E-state index contributed by atoms with van der Waals surface area (Å²) < 4.78 is 12.2. The minimum atomic E-state index is 0.105. The molecule has 0 bridgehead atoms. The number of phenolic OH excluding ortho intramolecular Hbond substituents is 1. The zero-order valence-corrected chi connectivity index (χ0v) is 16.0. The molecule has 1 fully saturated rings. The molecule has 1 saturated heterocycles. The number of aromatic hydroxyl groups is 1. The summed E-state index contributed by atoms with van der Waals surface area (Å²) in [6.45, 7) is 2.93. The second-order valence-electron chi connectivity index (χ2n) is 6.86. The Morgan fingerprint density at radius 2 is 2.12 bits per heavy atom. The minimum Gasteiger partial charge on any atom is -0.503 e. The maximum absolute atomic E-state index is 10.1. The molecule has 2 aliphatic heterocycles. The summed E-state index contributed by atoms with van der Waals surface area (Å²) in [5, 5.41) is 13.8. The SMILES string of the molecule is COc1cc(C2Nc3ccc(C)cc3[C@H]3OCCC[C@@H]23)cc(Br)c1O. The van der Waals surface area contributed by atoms with Gasteiger partial charge >= 0.3 is 0 Å². The number of hydrogen-bond donors (Lipinski definition) is 2. The van der Waals surface area contributed by atoms with Gasteiger partial charge in [0.25, 0.3) is 0 Å². The Balaban J connectivity index is 1.80. The van der Waals surface area contributed by atoms with E-state index < -0.39 is 0 Å². The number of rotatable bonds is 2. The number of benzene rings is 2. The minimum absolute atomic E-state index is 0.105. The van der Waals surface area contributed by atoms with Crippen LogP contribution in [0.2, 0.25) is 0 Å². The average Bonchev–Trinajstić information content (AvgIpc) is 2.63. The molecule has 5 heteroatoms. The number of ether oxygens (including phenoxy) is 2. The van der Waals surface area contributed by atoms with Gasteiger partial charge in [-0.25, -0.2) is 0 Å². The monoisotopic (exact) mass is 403 g/mol. The Kier molecular flexibility index (Phi) is 4.38. The molecular weight excluding hydrogens is 382 g/mol. The van der Waals surface area contributed by atoms with Crippen LogP contribution in [0.15, 0.2) is 34.8 Å². The standard InChI is InChI=1S/C20H22BrNO3/c1-11-5-6-16-14(8-11)20-13(4-3-7-25-20)18(22-16)12-9-15(21)19(23)17(10-12)24-2/h5-6,8-10,13,18,20,22-23H,3-4,7H2,1-2H3/t13-,18?,20-/m0/s1. The van der Waals surface area contributed by atoms with Gasteiger partial charge in [-0.15, -0.1) is 0 Å². The maximum atomic E-state index is 10.1. The van der Waals surface area contributed by atoms with Crippen molar-refractivity contribution in [3.8, 4) is 11.5 Å². The van der Waals surface area contributed by atoms with E-state index in [1.54, 1.807) is 7.11 Å². The Morgan fingerprint density at radius 3 is 2.92 bits per heavy atom. The zero-order valence-electron chi connectivity index (χ0n) is 14.4. The lowest BCUT2D eigenvalue weighted by atomic mass is 9.77. The van der Waals surface area contributed by atoms with Crippen LogP contribution in [0.4, 0.5) is 5.69 Å². The first-order valence-electron chi connectivity index (χ1n) is 8.63. The van der Waals surface area contributed by atoms with Crippen molar-refractivity contribution >= 4 is 21.6 Å². The summed E-state index contributed by atoms with van der Waals surface area (Å²) in [6.07, 6.45) is 2.28. The maximum Gasteiger partial charge on any atom is 0.172 e. The van der Waals surface area contributed by atoms with Crippen molar-refractivity contribution in [1.82, 2.24) is 0 Å². The highest BCUT2D eigenvalue weighted by Gasteiger charge is 2.40. The molecule has 25 heavy (non-hydrogen) atoms. The number of anilines is 1. The van der Waals surface area contributed by atoms with Crippen LogP contribution >= 0.6 is 15.9 Å². The number of nitrogens with one attached hydrogen (secondary N) is 1. The molecule has 132 valence electrons. The van der Waals surface area contributed by atoms with Crippen molar-refractivity contribution in [2.24, 2.45) is 5.92 Å². The van der Waals surface area contributed by atoms with E-state index in [1.165, 1.54) is 11.1 Å². The van der Waals surface area contributed by atoms with E-state index in [0.29, 0.717) is 16.1 Å². The molecule has 0 amide bonds. The van der Waals surface area contributed by atoms with Crippen molar-refractivity contribution in [3.63, 3.8) is 0 Å². The van der Waals surface area contributed by atoms with E-state index in [2.05, 4.69) is 46.4 Å². The van der Waals surface area contributed by atoms with Crippen LogP contribution in [0.3, 0.4) is 0 Å². The number of halogens is 1. The van der Waals surface area contributed by atoms with E-state index in [4.69, 9.17) is 9.47 Å². The van der Waals surface area contributed by atoms with Gasteiger partial charge in [-0.1, -0.05) is 17.7 Å². The lowest BCUT2D eigenvalue weighted by Gasteiger charge is -2.43. The second kappa shape index (κ2) is 6.54. The highest BCUT2D eigenvalue weighted by atomic mass is 79.9. The fourth-order valence-corrected chi connectivity index (χ4v) is 4.51. The molecule has 2 aromatic carbocycles. The van der Waals surface area contributed by atoms with Gasteiger partial charge in [0.2, 0.25) is 0 Å². The van der Waals surface area contributed by atoms with Crippen molar-refractivity contribution in [1.29, 1.82) is 0 Å². The first-order valence-corrected chi connectivity index (χ1v) is 9.43. The van der Waals surface area contributed by atoms with E-state index in [9.17, 15) is 5.11 Å². The number of methoxy groups -OCH3 is 1.